The molecule has 2 saturated carbocycles. The maximum Gasteiger partial charge on any atom is 0.309 e. The molecule has 0 spiro atoms. The topological polar surface area (TPSA) is 62.4 Å². The summed E-state index contributed by atoms with van der Waals surface area (Å²) >= 11 is 0. The molecule has 0 radical (unpaired) electrons. The number of carboxylic acids is 1. The maximum atomic E-state index is 11.9. The molecule has 4 aliphatic rings. The zero-order valence-corrected chi connectivity index (χ0v) is 12.3. The van der Waals surface area contributed by atoms with Crippen LogP contribution in [0, 0.1) is 17.3 Å². The highest BCUT2D eigenvalue weighted by Crippen LogP contribution is 2.56. The first kappa shape index (κ1) is 13.1. The largest absolute Gasteiger partial charge is 0.481 e. The molecule has 0 aromatic carbocycles. The van der Waals surface area contributed by atoms with Gasteiger partial charge in [-0.1, -0.05) is 6.92 Å². The van der Waals surface area contributed by atoms with Gasteiger partial charge in [-0.2, -0.15) is 0 Å². The van der Waals surface area contributed by atoms with Crippen LogP contribution in [-0.2, 0) is 14.3 Å². The number of aliphatic carboxylic acids is 1. The second-order valence-corrected chi connectivity index (χ2v) is 7.88. The van der Waals surface area contributed by atoms with Gasteiger partial charge in [-0.3, -0.25) is 4.79 Å². The summed E-state index contributed by atoms with van der Waals surface area (Å²) in [5.41, 5.74) is -0.499. The second-order valence-electron chi connectivity index (χ2n) is 7.88. The molecule has 20 heavy (non-hydrogen) atoms. The third-order valence-corrected chi connectivity index (χ3v) is 6.19. The highest BCUT2D eigenvalue weighted by Gasteiger charge is 2.60. The van der Waals surface area contributed by atoms with Crippen molar-refractivity contribution in [2.24, 2.45) is 17.3 Å². The van der Waals surface area contributed by atoms with Gasteiger partial charge in [0.05, 0.1) is 29.3 Å². The molecule has 0 aromatic rings. The van der Waals surface area contributed by atoms with Crippen molar-refractivity contribution < 1.29 is 19.4 Å². The van der Waals surface area contributed by atoms with Crippen molar-refractivity contribution in [3.05, 3.63) is 0 Å². The Bertz CT molecular complexity index is 450. The summed E-state index contributed by atoms with van der Waals surface area (Å²) in [6.07, 6.45) is 6.56. The summed E-state index contributed by atoms with van der Waals surface area (Å²) in [5.74, 6) is 0.272. The quantitative estimate of drug-likeness (QED) is 0.807. The Morgan fingerprint density at radius 1 is 1.30 bits per heavy atom. The average Bonchev–Trinajstić information content (AvgIpc) is 3.22. The number of hydrogen-bond donors (Lipinski definition) is 1. The van der Waals surface area contributed by atoms with Crippen molar-refractivity contribution in [2.45, 2.75) is 76.3 Å². The molecule has 2 heterocycles. The van der Waals surface area contributed by atoms with E-state index in [4.69, 9.17) is 9.47 Å². The Balaban J connectivity index is 1.50. The van der Waals surface area contributed by atoms with Gasteiger partial charge in [0, 0.05) is 0 Å². The highest BCUT2D eigenvalue weighted by molar-refractivity contribution is 5.75. The van der Waals surface area contributed by atoms with Crippen LogP contribution in [0.2, 0.25) is 0 Å². The monoisotopic (exact) mass is 280 g/mol. The third-order valence-electron chi connectivity index (χ3n) is 6.19. The minimum atomic E-state index is -0.609. The van der Waals surface area contributed by atoms with E-state index in [0.717, 1.165) is 38.5 Å². The molecule has 7 atom stereocenters. The van der Waals surface area contributed by atoms with Gasteiger partial charge in [-0.05, 0) is 57.3 Å². The minimum absolute atomic E-state index is 0.0571. The minimum Gasteiger partial charge on any atom is -0.481 e. The lowest BCUT2D eigenvalue weighted by Crippen LogP contribution is -2.41. The Morgan fingerprint density at radius 2 is 2.10 bits per heavy atom. The van der Waals surface area contributed by atoms with Gasteiger partial charge in [0.15, 0.2) is 0 Å². The van der Waals surface area contributed by atoms with Crippen molar-refractivity contribution in [2.75, 3.05) is 0 Å². The summed E-state index contributed by atoms with van der Waals surface area (Å²) in [4.78, 5) is 11.9. The first-order valence-electron chi connectivity index (χ1n) is 7.99. The molecule has 4 rings (SSSR count). The molecule has 7 unspecified atom stereocenters. The van der Waals surface area contributed by atoms with E-state index in [1.54, 1.807) is 0 Å². The molecular weight excluding hydrogens is 256 g/mol. The number of ether oxygens (including phenoxy) is 2. The van der Waals surface area contributed by atoms with E-state index < -0.39 is 11.4 Å². The first-order chi connectivity index (χ1) is 9.42. The van der Waals surface area contributed by atoms with E-state index in [2.05, 4.69) is 13.8 Å². The Morgan fingerprint density at radius 3 is 2.75 bits per heavy atom. The van der Waals surface area contributed by atoms with Crippen LogP contribution in [0.15, 0.2) is 0 Å². The maximum absolute atomic E-state index is 11.9. The summed E-state index contributed by atoms with van der Waals surface area (Å²) < 4.78 is 11.4. The Labute approximate surface area is 119 Å². The van der Waals surface area contributed by atoms with Crippen LogP contribution in [0.3, 0.4) is 0 Å². The Kier molecular flexibility index (Phi) is 2.60. The molecule has 4 fully saturated rings. The van der Waals surface area contributed by atoms with Crippen LogP contribution in [0.1, 0.15) is 52.4 Å². The van der Waals surface area contributed by atoms with Crippen LogP contribution in [-0.4, -0.2) is 35.0 Å². The van der Waals surface area contributed by atoms with Crippen molar-refractivity contribution in [3.63, 3.8) is 0 Å². The molecule has 4 heteroatoms. The molecule has 112 valence electrons. The summed E-state index contributed by atoms with van der Waals surface area (Å²) in [6.45, 7) is 4.32. The van der Waals surface area contributed by atoms with E-state index in [-0.39, 0.29) is 11.7 Å². The summed E-state index contributed by atoms with van der Waals surface area (Å²) in [6, 6.07) is 0. The molecular formula is C16H24O4. The van der Waals surface area contributed by atoms with Crippen molar-refractivity contribution >= 4 is 5.97 Å². The molecule has 2 saturated heterocycles. The number of hydrogen-bond acceptors (Lipinski definition) is 3. The predicted octanol–water partition coefficient (Wildman–Crippen LogP) is 2.60. The smallest absolute Gasteiger partial charge is 0.309 e. The molecule has 2 aliphatic heterocycles. The van der Waals surface area contributed by atoms with Gasteiger partial charge in [-0.25, -0.2) is 0 Å². The number of fused-ring (bicyclic) bond motifs is 2. The van der Waals surface area contributed by atoms with E-state index in [9.17, 15) is 9.90 Å². The van der Waals surface area contributed by atoms with Crippen molar-refractivity contribution in [3.8, 4) is 0 Å². The lowest BCUT2D eigenvalue weighted by atomic mass is 9.63. The number of carbonyl (C=O) groups is 1. The van der Waals surface area contributed by atoms with Gasteiger partial charge < -0.3 is 14.6 Å². The van der Waals surface area contributed by atoms with E-state index in [1.807, 2.05) is 0 Å². The van der Waals surface area contributed by atoms with Gasteiger partial charge in [0.2, 0.25) is 0 Å². The molecule has 2 aliphatic carbocycles. The van der Waals surface area contributed by atoms with Gasteiger partial charge in [0.1, 0.15) is 0 Å². The van der Waals surface area contributed by atoms with Gasteiger partial charge in [-0.15, -0.1) is 0 Å². The van der Waals surface area contributed by atoms with Crippen molar-refractivity contribution in [1.82, 2.24) is 0 Å². The number of carboxylic acid groups (broad SMARTS) is 1. The highest BCUT2D eigenvalue weighted by atomic mass is 16.6. The summed E-state index contributed by atoms with van der Waals surface area (Å²) in [5, 5.41) is 9.83. The van der Waals surface area contributed by atoms with E-state index in [1.165, 1.54) is 0 Å². The van der Waals surface area contributed by atoms with Crippen LogP contribution < -0.4 is 0 Å². The summed E-state index contributed by atoms with van der Waals surface area (Å²) in [7, 11) is 0. The lowest BCUT2D eigenvalue weighted by Gasteiger charge is -2.38. The van der Waals surface area contributed by atoms with E-state index in [0.29, 0.717) is 24.0 Å². The zero-order valence-electron chi connectivity index (χ0n) is 12.3. The zero-order chi connectivity index (χ0) is 14.1. The molecule has 4 nitrogen and oxygen atoms in total. The standard InChI is InChI=1S/C16H24O4/c1-9-5-16(14(17)18,8-11-13(9)19-11)7-10-3-4-12-15(2,6-10)20-12/h9-13H,3-8H2,1-2H3,(H,17,18). The SMILES string of the molecule is CC1CC(CC2CCC3OC3(C)C2)(C(=O)O)CC2OC12. The van der Waals surface area contributed by atoms with Gasteiger partial charge >= 0.3 is 5.97 Å². The lowest BCUT2D eigenvalue weighted by molar-refractivity contribution is -0.153. The Hall–Kier alpha value is -0.610. The van der Waals surface area contributed by atoms with Gasteiger partial charge in [0.25, 0.3) is 0 Å². The molecule has 1 N–H and O–H groups in total. The predicted molar refractivity (Wildman–Crippen MR) is 72.4 cm³/mol. The van der Waals surface area contributed by atoms with Crippen LogP contribution in [0.5, 0.6) is 0 Å². The molecule has 0 amide bonds. The average molecular weight is 280 g/mol. The molecule has 0 aromatic heterocycles. The van der Waals surface area contributed by atoms with E-state index >= 15 is 0 Å². The van der Waals surface area contributed by atoms with Crippen LogP contribution in [0.4, 0.5) is 0 Å². The first-order valence-corrected chi connectivity index (χ1v) is 7.99. The fraction of sp³-hybridized carbons (Fsp3) is 0.938. The van der Waals surface area contributed by atoms with Crippen LogP contribution >= 0.6 is 0 Å². The number of epoxide rings is 2. The van der Waals surface area contributed by atoms with Crippen LogP contribution in [0.25, 0.3) is 0 Å². The third kappa shape index (κ3) is 1.92. The second kappa shape index (κ2) is 3.98. The number of rotatable bonds is 3. The fourth-order valence-electron chi connectivity index (χ4n) is 5.07. The molecule has 0 bridgehead atoms. The van der Waals surface area contributed by atoms with Crippen molar-refractivity contribution in [1.29, 1.82) is 0 Å². The fourth-order valence-corrected chi connectivity index (χ4v) is 5.07. The normalized spacial score (nSPS) is 56.6.